The van der Waals surface area contributed by atoms with Gasteiger partial charge in [0.05, 0.1) is 17.5 Å². The average molecular weight is 756 g/mol. The van der Waals surface area contributed by atoms with E-state index in [0.717, 1.165) is 35.5 Å². The first-order valence-electron chi connectivity index (χ1n) is 19.3. The molecule has 1 unspecified atom stereocenters. The van der Waals surface area contributed by atoms with Gasteiger partial charge in [0, 0.05) is 46.9 Å². The van der Waals surface area contributed by atoms with E-state index in [1.165, 1.54) is 16.5 Å². The Morgan fingerprint density at radius 1 is 1.02 bits per heavy atom. The molecule has 13 nitrogen and oxygen atoms in total. The Hall–Kier alpha value is -5.79. The van der Waals surface area contributed by atoms with E-state index in [2.05, 4.69) is 33.3 Å². The van der Waals surface area contributed by atoms with Gasteiger partial charge >= 0.3 is 5.97 Å². The fourth-order valence-electron chi connectivity index (χ4n) is 9.78. The molecule has 56 heavy (non-hydrogen) atoms. The Labute approximate surface area is 322 Å². The molecule has 7 atom stereocenters. The highest BCUT2D eigenvalue weighted by atomic mass is 16.7. The molecule has 9 heterocycles. The third kappa shape index (κ3) is 5.54. The van der Waals surface area contributed by atoms with Gasteiger partial charge in [0.15, 0.2) is 11.0 Å². The topological polar surface area (TPSA) is 193 Å². The van der Waals surface area contributed by atoms with Gasteiger partial charge in [0.2, 0.25) is 0 Å². The maximum atomic E-state index is 14.5. The number of quaternary nitrogens is 1. The molecule has 286 valence electrons. The zero-order valence-corrected chi connectivity index (χ0v) is 31.4. The van der Waals surface area contributed by atoms with Gasteiger partial charge in [-0.25, -0.2) is 14.8 Å². The van der Waals surface area contributed by atoms with Crippen molar-refractivity contribution < 1.29 is 33.4 Å². The molecule has 0 radical (unpaired) electrons. The number of aliphatic imine (C=N–C) groups is 1. The van der Waals surface area contributed by atoms with E-state index in [1.54, 1.807) is 13.0 Å². The lowest BCUT2D eigenvalue weighted by Gasteiger charge is -2.46. The van der Waals surface area contributed by atoms with Crippen LogP contribution in [0, 0.1) is 18.8 Å². The number of hydrogen-bond donors (Lipinski definition) is 4. The van der Waals surface area contributed by atoms with E-state index < -0.39 is 29.2 Å². The van der Waals surface area contributed by atoms with Crippen LogP contribution in [0.1, 0.15) is 61.6 Å². The molecule has 6 N–H and O–H groups in total. The van der Waals surface area contributed by atoms with Crippen molar-refractivity contribution in [2.75, 3.05) is 18.0 Å². The minimum atomic E-state index is -1.15. The number of benzene rings is 1. The van der Waals surface area contributed by atoms with Crippen molar-refractivity contribution in [3.05, 3.63) is 105 Å². The number of esters is 1. The van der Waals surface area contributed by atoms with E-state index in [9.17, 15) is 14.7 Å². The van der Waals surface area contributed by atoms with E-state index >= 15 is 0 Å². The molecule has 13 heteroatoms. The molecule has 1 spiro atoms. The third-order valence-electron chi connectivity index (χ3n) is 12.3. The number of nitrogen functional groups attached to an aromatic ring is 2. The molecule has 0 amide bonds. The van der Waals surface area contributed by atoms with E-state index in [1.807, 2.05) is 50.4 Å². The monoisotopic (exact) mass is 755 g/mol. The third-order valence-corrected chi connectivity index (χ3v) is 12.3. The molecule has 0 saturated carbocycles. The highest BCUT2D eigenvalue weighted by molar-refractivity contribution is 5.88. The molecule has 6 aliphatic heterocycles. The van der Waals surface area contributed by atoms with E-state index in [-0.39, 0.29) is 40.1 Å². The molecule has 3 aromatic heterocycles. The van der Waals surface area contributed by atoms with Crippen molar-refractivity contribution in [2.45, 2.75) is 82.3 Å². The van der Waals surface area contributed by atoms with Crippen molar-refractivity contribution in [1.29, 1.82) is 0 Å². The van der Waals surface area contributed by atoms with Gasteiger partial charge in [-0.2, -0.15) is 0 Å². The molecule has 7 aliphatic rings. The Kier molecular flexibility index (Phi) is 7.65. The number of ether oxygens (including phenoxy) is 3. The summed E-state index contributed by atoms with van der Waals surface area (Å²) >= 11 is 0. The fourth-order valence-corrected chi connectivity index (χ4v) is 9.78. The summed E-state index contributed by atoms with van der Waals surface area (Å²) in [5.41, 5.74) is 16.5. The van der Waals surface area contributed by atoms with Crippen LogP contribution in [0.15, 0.2) is 86.3 Å². The summed E-state index contributed by atoms with van der Waals surface area (Å²) in [6.07, 6.45) is 11.6. The number of anilines is 2. The highest BCUT2D eigenvalue weighted by Crippen LogP contribution is 2.58. The number of aromatic nitrogens is 2. The first-order valence-corrected chi connectivity index (χ1v) is 19.3. The van der Waals surface area contributed by atoms with Gasteiger partial charge in [-0.05, 0) is 88.3 Å². The van der Waals surface area contributed by atoms with Crippen molar-refractivity contribution in [3.8, 4) is 22.8 Å². The van der Waals surface area contributed by atoms with Crippen LogP contribution in [-0.4, -0.2) is 57.2 Å². The van der Waals surface area contributed by atoms with Crippen LogP contribution in [0.2, 0.25) is 0 Å². The number of aromatic hydroxyl groups is 1. The van der Waals surface area contributed by atoms with Gasteiger partial charge < -0.3 is 35.2 Å². The molecular weight excluding hydrogens is 713 g/mol. The minimum Gasteiger partial charge on any atom is -0.507 e. The fraction of sp³-hybridized carbons (Fsp3) is 0.372. The standard InChI is InChI=1S/C43H42N6O7/c1-21-12-30(50)37-31(53-21)17-32-38(39(37)51)36-23-5-7-26(8-6-23)43(41(52)54-40(36)42(2,3)55-32)33(56-43)9-4-22-13-28(48-34(44)14-22)25-15-27(47-35(45)16-25)19-49-18-24-10-11-46-29(24)20-49/h5,7,10-17,20,23,26,33,36,40,51H,4,6,8-9,18-19H2,1-3H3,(H2,44,48)(H2,45,47)/p+1/t23-,26+,33+,36+,40+,43-/m0/s1. The van der Waals surface area contributed by atoms with Crippen LogP contribution in [0.5, 0.6) is 11.5 Å². The number of epoxide rings is 1. The molecule has 2 fully saturated rings. The Morgan fingerprint density at radius 3 is 2.66 bits per heavy atom. The van der Waals surface area contributed by atoms with Gasteiger partial charge in [0.1, 0.15) is 76.6 Å². The molecule has 1 aromatic carbocycles. The molecule has 11 rings (SSSR count). The van der Waals surface area contributed by atoms with Crippen molar-refractivity contribution in [1.82, 2.24) is 9.97 Å². The number of nitrogens with one attached hydrogen (secondary N) is 1. The molecule has 4 aromatic rings. The molecular formula is C43H43N6O7+. The second-order valence-corrected chi connectivity index (χ2v) is 16.5. The quantitative estimate of drug-likeness (QED) is 0.125. The predicted octanol–water partition coefficient (Wildman–Crippen LogP) is 4.21. The van der Waals surface area contributed by atoms with Crippen LogP contribution in [0.4, 0.5) is 11.6 Å². The first-order chi connectivity index (χ1) is 26.9. The second-order valence-electron chi connectivity index (χ2n) is 16.5. The zero-order chi connectivity index (χ0) is 38.7. The maximum Gasteiger partial charge on any atom is 0.342 e. The summed E-state index contributed by atoms with van der Waals surface area (Å²) in [4.78, 5) is 42.5. The number of aryl methyl sites for hydroxylation is 2. The van der Waals surface area contributed by atoms with Crippen LogP contribution < -0.4 is 26.5 Å². The summed E-state index contributed by atoms with van der Waals surface area (Å²) < 4.78 is 25.2. The summed E-state index contributed by atoms with van der Waals surface area (Å²) in [7, 11) is 0. The number of carbonyl (C=O) groups is 1. The SMILES string of the molecule is Cc1cc(=O)c2c(O)c3c(cc2o1)OC(C)(C)[C@@H]1OC(=O)[C@]2(O[C@@H]2CCc2cc(N)nc(-c4cc(N)nc(C[NH+]5C=C6N=CC=C6C5)c4)c2)[C@@H]2C=C[C@@H](CC2)[C@H]31. The largest absolute Gasteiger partial charge is 0.507 e. The van der Waals surface area contributed by atoms with Crippen LogP contribution in [-0.2, 0) is 27.2 Å². The number of allylic oxidation sites excluding steroid dienone is 2. The number of fused-ring (bicyclic) bond motifs is 5. The normalized spacial score (nSPS) is 29.1. The smallest absolute Gasteiger partial charge is 0.342 e. The van der Waals surface area contributed by atoms with Crippen molar-refractivity contribution >= 4 is 34.8 Å². The van der Waals surface area contributed by atoms with E-state index in [0.29, 0.717) is 60.2 Å². The van der Waals surface area contributed by atoms with Crippen LogP contribution >= 0.6 is 0 Å². The maximum absolute atomic E-state index is 14.5. The van der Waals surface area contributed by atoms with Crippen LogP contribution in [0.3, 0.4) is 0 Å². The lowest BCUT2D eigenvalue weighted by Crippen LogP contribution is -3.04. The molecule has 1 aliphatic carbocycles. The Morgan fingerprint density at radius 2 is 1.86 bits per heavy atom. The second kappa shape index (κ2) is 12.4. The lowest BCUT2D eigenvalue weighted by molar-refractivity contribution is -0.852. The molecule has 2 saturated heterocycles. The lowest BCUT2D eigenvalue weighted by atomic mass is 9.69. The number of phenolic OH excluding ortho intramolecular Hbond substituents is 1. The number of hydrogen-bond acceptors (Lipinski definition) is 12. The minimum absolute atomic E-state index is 0.0832. The first kappa shape index (κ1) is 34.7. The highest BCUT2D eigenvalue weighted by Gasteiger charge is 2.69. The number of rotatable bonds is 6. The van der Waals surface area contributed by atoms with Gasteiger partial charge in [-0.15, -0.1) is 0 Å². The number of pyridine rings is 2. The van der Waals surface area contributed by atoms with Gasteiger partial charge in [-0.1, -0.05) is 12.2 Å². The zero-order valence-electron chi connectivity index (χ0n) is 31.4. The predicted molar refractivity (Wildman–Crippen MR) is 208 cm³/mol. The van der Waals surface area contributed by atoms with Crippen molar-refractivity contribution in [3.63, 3.8) is 0 Å². The van der Waals surface area contributed by atoms with Crippen LogP contribution in [0.25, 0.3) is 22.2 Å². The van der Waals surface area contributed by atoms with Crippen molar-refractivity contribution in [2.24, 2.45) is 16.8 Å². The van der Waals surface area contributed by atoms with Gasteiger partial charge in [-0.3, -0.25) is 14.7 Å². The van der Waals surface area contributed by atoms with Gasteiger partial charge in [0.25, 0.3) is 0 Å². The summed E-state index contributed by atoms with van der Waals surface area (Å²) in [5, 5.41) is 11.8. The number of phenols is 1. The summed E-state index contributed by atoms with van der Waals surface area (Å²) in [6.45, 7) is 6.96. The summed E-state index contributed by atoms with van der Waals surface area (Å²) in [5.74, 6) is 0.261. The average Bonchev–Trinajstić information content (AvgIpc) is 3.48. The molecule has 2 bridgehead atoms. The Balaban J connectivity index is 0.903. The summed E-state index contributed by atoms with van der Waals surface area (Å²) in [6, 6.07) is 10.7. The number of nitrogens with two attached hydrogens (primary N) is 2. The van der Waals surface area contributed by atoms with E-state index in [4.69, 9.17) is 30.1 Å². The number of nitrogens with zero attached hydrogens (tertiary/aromatic N) is 3. The Bertz CT molecular complexity index is 2560. The number of carbonyl (C=O) groups excluding carboxylic acids is 1.